The van der Waals surface area contributed by atoms with Crippen LogP contribution >= 0.6 is 11.8 Å². The molecule has 0 fully saturated rings. The van der Waals surface area contributed by atoms with Gasteiger partial charge >= 0.3 is 6.18 Å². The van der Waals surface area contributed by atoms with Crippen molar-refractivity contribution in [2.45, 2.75) is 11.1 Å². The molecule has 8 heteroatoms. The molecule has 0 unspecified atom stereocenters. The summed E-state index contributed by atoms with van der Waals surface area (Å²) in [5, 5.41) is 15.3. The van der Waals surface area contributed by atoms with Crippen molar-refractivity contribution in [2.24, 2.45) is 0 Å². The summed E-state index contributed by atoms with van der Waals surface area (Å²) in [5.41, 5.74) is -1.68. The highest BCUT2D eigenvalue weighted by Gasteiger charge is 2.40. The molecule has 0 saturated carbocycles. The van der Waals surface area contributed by atoms with E-state index in [1.54, 1.807) is 18.2 Å². The maximum atomic E-state index is 12.9. The zero-order valence-corrected chi connectivity index (χ0v) is 10.5. The fraction of sp³-hybridized carbons (Fsp3) is 0.182. The van der Waals surface area contributed by atoms with Crippen molar-refractivity contribution < 1.29 is 13.2 Å². The van der Waals surface area contributed by atoms with Gasteiger partial charge in [0.2, 0.25) is 0 Å². The maximum Gasteiger partial charge on any atom is 0.436 e. The Morgan fingerprint density at radius 2 is 2.11 bits per heavy atom. The monoisotopic (exact) mass is 284 g/mol. The molecule has 0 radical (unpaired) electrons. The molecule has 1 heterocycles. The number of alkyl halides is 3. The summed E-state index contributed by atoms with van der Waals surface area (Å²) in [6.45, 7) is 0. The van der Waals surface area contributed by atoms with Gasteiger partial charge < -0.3 is 0 Å². The summed E-state index contributed by atoms with van der Waals surface area (Å²) in [6, 6.07) is 7.82. The maximum absolute atomic E-state index is 12.9. The average Bonchev–Trinajstić information content (AvgIpc) is 2.82. The van der Waals surface area contributed by atoms with Crippen LogP contribution in [0.25, 0.3) is 5.69 Å². The SMILES string of the molecule is CSc1cccc(-n2nnc(C#N)c2C(F)(F)F)c1. The topological polar surface area (TPSA) is 54.5 Å². The van der Waals surface area contributed by atoms with Crippen molar-refractivity contribution in [3.8, 4) is 11.8 Å². The van der Waals surface area contributed by atoms with Gasteiger partial charge in [-0.3, -0.25) is 0 Å². The molecule has 0 aliphatic rings. The number of thioether (sulfide) groups is 1. The molecule has 4 nitrogen and oxygen atoms in total. The van der Waals surface area contributed by atoms with Gasteiger partial charge in [-0.25, -0.2) is 4.68 Å². The van der Waals surface area contributed by atoms with Crippen LogP contribution in [0.4, 0.5) is 13.2 Å². The lowest BCUT2D eigenvalue weighted by Crippen LogP contribution is -2.14. The smallest absolute Gasteiger partial charge is 0.207 e. The van der Waals surface area contributed by atoms with E-state index in [9.17, 15) is 13.2 Å². The fourth-order valence-electron chi connectivity index (χ4n) is 1.53. The van der Waals surface area contributed by atoms with Gasteiger partial charge in [0, 0.05) is 4.90 Å². The molecule has 1 aromatic carbocycles. The van der Waals surface area contributed by atoms with E-state index in [-0.39, 0.29) is 5.69 Å². The van der Waals surface area contributed by atoms with E-state index in [4.69, 9.17) is 5.26 Å². The first-order valence-electron chi connectivity index (χ1n) is 5.05. The minimum atomic E-state index is -4.69. The lowest BCUT2D eigenvalue weighted by molar-refractivity contribution is -0.143. The highest BCUT2D eigenvalue weighted by Crippen LogP contribution is 2.32. The van der Waals surface area contributed by atoms with Crippen LogP contribution in [0.3, 0.4) is 0 Å². The lowest BCUT2D eigenvalue weighted by Gasteiger charge is -2.10. The fourth-order valence-corrected chi connectivity index (χ4v) is 1.99. The number of nitrogens with zero attached hydrogens (tertiary/aromatic N) is 4. The van der Waals surface area contributed by atoms with Gasteiger partial charge in [-0.05, 0) is 24.5 Å². The molecule has 0 N–H and O–H groups in total. The van der Waals surface area contributed by atoms with Crippen LogP contribution in [0.1, 0.15) is 11.4 Å². The number of rotatable bonds is 2. The molecule has 2 rings (SSSR count). The first kappa shape index (κ1) is 13.4. The Morgan fingerprint density at radius 3 is 2.68 bits per heavy atom. The van der Waals surface area contributed by atoms with Crippen LogP contribution in [0, 0.1) is 11.3 Å². The zero-order chi connectivity index (χ0) is 14.0. The van der Waals surface area contributed by atoms with Crippen LogP contribution in [0.2, 0.25) is 0 Å². The molecule has 1 aromatic heterocycles. The average molecular weight is 284 g/mol. The number of hydrogen-bond donors (Lipinski definition) is 0. The second kappa shape index (κ2) is 4.93. The Kier molecular flexibility index (Phi) is 3.48. The van der Waals surface area contributed by atoms with Crippen LogP contribution in [0.5, 0.6) is 0 Å². The van der Waals surface area contributed by atoms with Crippen molar-refractivity contribution in [3.05, 3.63) is 35.7 Å². The Bertz CT molecular complexity index is 642. The molecular formula is C11H7F3N4S. The molecule has 0 aliphatic carbocycles. The van der Waals surface area contributed by atoms with E-state index in [1.165, 1.54) is 23.9 Å². The standard InChI is InChI=1S/C11H7F3N4S/c1-19-8-4-2-3-7(5-8)18-10(11(12,13)14)9(6-15)16-17-18/h2-5H,1H3. The molecular weight excluding hydrogens is 277 g/mol. The van der Waals surface area contributed by atoms with Gasteiger partial charge in [-0.15, -0.1) is 16.9 Å². The van der Waals surface area contributed by atoms with E-state index in [0.717, 1.165) is 4.90 Å². The summed E-state index contributed by atoms with van der Waals surface area (Å²) in [5.74, 6) is 0. The molecule has 0 saturated heterocycles. The van der Waals surface area contributed by atoms with Gasteiger partial charge in [0.1, 0.15) is 6.07 Å². The van der Waals surface area contributed by atoms with Crippen LogP contribution in [-0.4, -0.2) is 21.2 Å². The largest absolute Gasteiger partial charge is 0.436 e. The second-order valence-electron chi connectivity index (χ2n) is 3.51. The quantitative estimate of drug-likeness (QED) is 0.796. The normalized spacial score (nSPS) is 11.3. The minimum Gasteiger partial charge on any atom is -0.207 e. The molecule has 0 bridgehead atoms. The first-order chi connectivity index (χ1) is 8.97. The van der Waals surface area contributed by atoms with Crippen LogP contribution in [0.15, 0.2) is 29.2 Å². The highest BCUT2D eigenvalue weighted by molar-refractivity contribution is 7.98. The van der Waals surface area contributed by atoms with E-state index in [2.05, 4.69) is 10.3 Å². The minimum absolute atomic E-state index is 0.216. The zero-order valence-electron chi connectivity index (χ0n) is 9.64. The van der Waals surface area contributed by atoms with Gasteiger partial charge in [0.25, 0.3) is 0 Å². The summed E-state index contributed by atoms with van der Waals surface area (Å²) in [6.07, 6.45) is -2.88. The number of halogens is 3. The molecule has 19 heavy (non-hydrogen) atoms. The number of benzene rings is 1. The third-order valence-corrected chi connectivity index (χ3v) is 3.07. The third-order valence-electron chi connectivity index (χ3n) is 2.34. The Labute approximate surface area is 110 Å². The molecule has 0 spiro atoms. The van der Waals surface area contributed by atoms with E-state index < -0.39 is 17.6 Å². The lowest BCUT2D eigenvalue weighted by atomic mass is 10.3. The number of hydrogen-bond acceptors (Lipinski definition) is 4. The van der Waals surface area contributed by atoms with E-state index in [0.29, 0.717) is 4.68 Å². The molecule has 2 aromatic rings. The summed E-state index contributed by atoms with van der Waals surface area (Å²) in [4.78, 5) is 0.791. The van der Waals surface area contributed by atoms with Crippen LogP contribution < -0.4 is 0 Å². The van der Waals surface area contributed by atoms with Gasteiger partial charge in [-0.2, -0.15) is 18.4 Å². The van der Waals surface area contributed by atoms with Crippen molar-refractivity contribution in [3.63, 3.8) is 0 Å². The predicted octanol–water partition coefficient (Wildman–Crippen LogP) is 2.88. The molecule has 0 amide bonds. The molecule has 0 aliphatic heterocycles. The van der Waals surface area contributed by atoms with E-state index >= 15 is 0 Å². The van der Waals surface area contributed by atoms with Crippen molar-refractivity contribution >= 4 is 11.8 Å². The number of aromatic nitrogens is 3. The second-order valence-corrected chi connectivity index (χ2v) is 4.39. The van der Waals surface area contributed by atoms with Crippen LogP contribution in [-0.2, 0) is 6.18 Å². The summed E-state index contributed by atoms with van der Waals surface area (Å²) in [7, 11) is 0. The first-order valence-corrected chi connectivity index (χ1v) is 6.27. The number of nitriles is 1. The Balaban J connectivity index is 2.63. The van der Waals surface area contributed by atoms with Gasteiger partial charge in [-0.1, -0.05) is 11.3 Å². The predicted molar refractivity (Wildman–Crippen MR) is 62.9 cm³/mol. The Hall–Kier alpha value is -2.01. The molecule has 98 valence electrons. The summed E-state index contributed by atoms with van der Waals surface area (Å²) >= 11 is 1.40. The van der Waals surface area contributed by atoms with Crippen molar-refractivity contribution in [2.75, 3.05) is 6.26 Å². The highest BCUT2D eigenvalue weighted by atomic mass is 32.2. The molecule has 0 atom stereocenters. The van der Waals surface area contributed by atoms with Gasteiger partial charge in [0.05, 0.1) is 5.69 Å². The Morgan fingerprint density at radius 1 is 1.37 bits per heavy atom. The summed E-state index contributed by atoms with van der Waals surface area (Å²) < 4.78 is 39.5. The third kappa shape index (κ3) is 2.56. The van der Waals surface area contributed by atoms with Crippen molar-refractivity contribution in [1.29, 1.82) is 5.26 Å². The van der Waals surface area contributed by atoms with Crippen molar-refractivity contribution in [1.82, 2.24) is 15.0 Å². The van der Waals surface area contributed by atoms with E-state index in [1.807, 2.05) is 6.26 Å². The van der Waals surface area contributed by atoms with Gasteiger partial charge in [0.15, 0.2) is 11.4 Å².